The lowest BCUT2D eigenvalue weighted by molar-refractivity contribution is -0.121. The Morgan fingerprint density at radius 2 is 1.95 bits per heavy atom. The predicted octanol–water partition coefficient (Wildman–Crippen LogP) is 3.17. The molecular weight excluding hydrogens is 272 g/mol. The molecule has 1 aromatic carbocycles. The first-order chi connectivity index (χ1) is 9.28. The lowest BCUT2D eigenvalue weighted by Crippen LogP contribution is -2.40. The number of nitrogens with one attached hydrogen (secondary N) is 2. The van der Waals surface area contributed by atoms with E-state index >= 15 is 0 Å². The molecule has 3 nitrogen and oxygen atoms in total. The lowest BCUT2D eigenvalue weighted by Gasteiger charge is -2.21. The van der Waals surface area contributed by atoms with Gasteiger partial charge in [-0.3, -0.25) is 4.79 Å². The zero-order valence-electron chi connectivity index (χ0n) is 12.8. The van der Waals surface area contributed by atoms with Gasteiger partial charge in [0.2, 0.25) is 5.91 Å². The van der Waals surface area contributed by atoms with Gasteiger partial charge in [0.1, 0.15) is 0 Å². The van der Waals surface area contributed by atoms with Crippen molar-refractivity contribution in [3.05, 3.63) is 34.9 Å². The zero-order valence-corrected chi connectivity index (χ0v) is 13.6. The van der Waals surface area contributed by atoms with Crippen molar-refractivity contribution in [2.24, 2.45) is 0 Å². The van der Waals surface area contributed by atoms with E-state index in [1.807, 2.05) is 31.2 Å². The van der Waals surface area contributed by atoms with Gasteiger partial charge in [-0.1, -0.05) is 29.8 Å². The topological polar surface area (TPSA) is 41.1 Å². The average Bonchev–Trinajstić information content (AvgIpc) is 2.30. The molecule has 1 atom stereocenters. The Hall–Kier alpha value is -1.06. The summed E-state index contributed by atoms with van der Waals surface area (Å²) in [5, 5.41) is 7.06. The van der Waals surface area contributed by atoms with E-state index in [2.05, 4.69) is 31.4 Å². The minimum atomic E-state index is 0.0451. The van der Waals surface area contributed by atoms with Crippen LogP contribution < -0.4 is 10.6 Å². The van der Waals surface area contributed by atoms with Crippen molar-refractivity contribution in [1.82, 2.24) is 10.6 Å². The van der Waals surface area contributed by atoms with E-state index < -0.39 is 0 Å². The van der Waals surface area contributed by atoms with Gasteiger partial charge < -0.3 is 10.6 Å². The van der Waals surface area contributed by atoms with Crippen LogP contribution in [0.5, 0.6) is 0 Å². The van der Waals surface area contributed by atoms with Gasteiger partial charge in [-0.25, -0.2) is 0 Å². The van der Waals surface area contributed by atoms with Crippen molar-refractivity contribution in [2.45, 2.75) is 52.1 Å². The Balaban J connectivity index is 2.33. The highest BCUT2D eigenvalue weighted by molar-refractivity contribution is 6.31. The Morgan fingerprint density at radius 3 is 2.55 bits per heavy atom. The van der Waals surface area contributed by atoms with Gasteiger partial charge in [-0.2, -0.15) is 0 Å². The van der Waals surface area contributed by atoms with E-state index in [0.29, 0.717) is 13.0 Å². The maximum absolute atomic E-state index is 11.8. The van der Waals surface area contributed by atoms with Crippen molar-refractivity contribution in [3.8, 4) is 0 Å². The lowest BCUT2D eigenvalue weighted by atomic mass is 10.1. The maximum Gasteiger partial charge on any atom is 0.221 e. The predicted molar refractivity (Wildman–Crippen MR) is 85.1 cm³/mol. The van der Waals surface area contributed by atoms with Gasteiger partial charge >= 0.3 is 0 Å². The van der Waals surface area contributed by atoms with Crippen LogP contribution in [-0.2, 0) is 11.2 Å². The third-order valence-corrected chi connectivity index (χ3v) is 3.27. The van der Waals surface area contributed by atoms with Gasteiger partial charge in [0.15, 0.2) is 0 Å². The van der Waals surface area contributed by atoms with E-state index in [1.54, 1.807) is 0 Å². The molecule has 0 aliphatic carbocycles. The number of hydrogen-bond donors (Lipinski definition) is 2. The van der Waals surface area contributed by atoms with Crippen LogP contribution in [0.3, 0.4) is 0 Å². The molecule has 0 aliphatic rings. The molecule has 1 amide bonds. The molecule has 0 aliphatic heterocycles. The molecule has 1 aromatic rings. The second-order valence-electron chi connectivity index (χ2n) is 6.19. The number of benzene rings is 1. The summed E-state index contributed by atoms with van der Waals surface area (Å²) in [6, 6.07) is 7.82. The molecule has 0 saturated carbocycles. The van der Waals surface area contributed by atoms with Crippen LogP contribution in [0.15, 0.2) is 24.3 Å². The van der Waals surface area contributed by atoms with Crippen molar-refractivity contribution >= 4 is 17.5 Å². The summed E-state index contributed by atoms with van der Waals surface area (Å²) in [6.45, 7) is 8.95. The van der Waals surface area contributed by atoms with E-state index in [-0.39, 0.29) is 17.5 Å². The average molecular weight is 297 g/mol. The molecular formula is C16H25ClN2O. The number of rotatable bonds is 6. The molecule has 2 N–H and O–H groups in total. The summed E-state index contributed by atoms with van der Waals surface area (Å²) < 4.78 is 0. The molecule has 4 heteroatoms. The minimum absolute atomic E-state index is 0.0451. The summed E-state index contributed by atoms with van der Waals surface area (Å²) >= 11 is 6.12. The standard InChI is InChI=1S/C16H25ClN2O/c1-12(11-13-7-5-6-8-14(13)17)19-15(20)9-10-18-16(2,3)4/h5-8,12,18H,9-11H2,1-4H3,(H,19,20). The van der Waals surface area contributed by atoms with Gasteiger partial charge in [-0.15, -0.1) is 0 Å². The van der Waals surface area contributed by atoms with Crippen molar-refractivity contribution in [1.29, 1.82) is 0 Å². The van der Waals surface area contributed by atoms with Crippen LogP contribution in [0.1, 0.15) is 39.7 Å². The smallest absolute Gasteiger partial charge is 0.221 e. The largest absolute Gasteiger partial charge is 0.353 e. The van der Waals surface area contributed by atoms with E-state index in [0.717, 1.165) is 17.0 Å². The first-order valence-electron chi connectivity index (χ1n) is 7.06. The molecule has 0 heterocycles. The minimum Gasteiger partial charge on any atom is -0.353 e. The van der Waals surface area contributed by atoms with Gasteiger partial charge in [-0.05, 0) is 45.7 Å². The molecule has 1 unspecified atom stereocenters. The molecule has 0 radical (unpaired) electrons. The second kappa shape index (κ2) is 7.65. The van der Waals surface area contributed by atoms with Gasteiger partial charge in [0.25, 0.3) is 0 Å². The fourth-order valence-corrected chi connectivity index (χ4v) is 2.16. The Morgan fingerprint density at radius 1 is 1.30 bits per heavy atom. The van der Waals surface area contributed by atoms with E-state index in [1.165, 1.54) is 0 Å². The summed E-state index contributed by atoms with van der Waals surface area (Å²) in [6.07, 6.45) is 1.24. The first-order valence-corrected chi connectivity index (χ1v) is 7.43. The molecule has 1 rings (SSSR count). The molecule has 0 saturated heterocycles. The SMILES string of the molecule is CC(Cc1ccccc1Cl)NC(=O)CCNC(C)(C)C. The van der Waals surface area contributed by atoms with Crippen LogP contribution in [0, 0.1) is 0 Å². The molecule has 0 spiro atoms. The fourth-order valence-electron chi connectivity index (χ4n) is 1.94. The van der Waals surface area contributed by atoms with Gasteiger partial charge in [0.05, 0.1) is 0 Å². The third kappa shape index (κ3) is 6.92. The highest BCUT2D eigenvalue weighted by atomic mass is 35.5. The normalized spacial score (nSPS) is 13.1. The first kappa shape index (κ1) is 17.0. The number of carbonyl (C=O) groups excluding carboxylic acids is 1. The van der Waals surface area contributed by atoms with E-state index in [9.17, 15) is 4.79 Å². The van der Waals surface area contributed by atoms with Gasteiger partial charge in [0, 0.05) is 29.6 Å². The van der Waals surface area contributed by atoms with Crippen molar-refractivity contribution in [2.75, 3.05) is 6.54 Å². The number of carbonyl (C=O) groups is 1. The van der Waals surface area contributed by atoms with Crippen molar-refractivity contribution < 1.29 is 4.79 Å². The monoisotopic (exact) mass is 296 g/mol. The zero-order chi connectivity index (χ0) is 15.2. The van der Waals surface area contributed by atoms with Crippen LogP contribution in [0.4, 0.5) is 0 Å². The summed E-state index contributed by atoms with van der Waals surface area (Å²) in [4.78, 5) is 11.8. The van der Waals surface area contributed by atoms with Crippen LogP contribution in [0.25, 0.3) is 0 Å². The van der Waals surface area contributed by atoms with Crippen LogP contribution in [-0.4, -0.2) is 24.0 Å². The Bertz CT molecular complexity index is 440. The highest BCUT2D eigenvalue weighted by Gasteiger charge is 2.12. The quantitative estimate of drug-likeness (QED) is 0.846. The number of halogens is 1. The molecule has 0 bridgehead atoms. The second-order valence-corrected chi connectivity index (χ2v) is 6.60. The summed E-state index contributed by atoms with van der Waals surface area (Å²) in [5.41, 5.74) is 1.11. The third-order valence-electron chi connectivity index (χ3n) is 2.90. The Kier molecular flexibility index (Phi) is 6.50. The fraction of sp³-hybridized carbons (Fsp3) is 0.562. The Labute approximate surface area is 127 Å². The molecule has 0 fully saturated rings. The number of amides is 1. The molecule has 112 valence electrons. The highest BCUT2D eigenvalue weighted by Crippen LogP contribution is 2.16. The summed E-state index contributed by atoms with van der Waals surface area (Å²) in [7, 11) is 0. The number of hydrogen-bond acceptors (Lipinski definition) is 2. The molecule has 20 heavy (non-hydrogen) atoms. The van der Waals surface area contributed by atoms with Crippen molar-refractivity contribution in [3.63, 3.8) is 0 Å². The molecule has 0 aromatic heterocycles. The van der Waals surface area contributed by atoms with E-state index in [4.69, 9.17) is 11.6 Å². The maximum atomic E-state index is 11.8. The summed E-state index contributed by atoms with van der Waals surface area (Å²) in [5.74, 6) is 0.0707. The van der Waals surface area contributed by atoms with Crippen LogP contribution in [0.2, 0.25) is 5.02 Å². The van der Waals surface area contributed by atoms with Crippen LogP contribution >= 0.6 is 11.6 Å².